The molecule has 154 valence electrons. The molecule has 0 radical (unpaired) electrons. The van der Waals surface area contributed by atoms with Gasteiger partial charge in [0.25, 0.3) is 0 Å². The summed E-state index contributed by atoms with van der Waals surface area (Å²) >= 11 is 0. The molecule has 0 rings (SSSR count). The molecule has 3 amide bonds. The summed E-state index contributed by atoms with van der Waals surface area (Å²) < 4.78 is 0. The van der Waals surface area contributed by atoms with Crippen molar-refractivity contribution in [3.05, 3.63) is 50.6 Å². The lowest BCUT2D eigenvalue weighted by Crippen LogP contribution is -2.43. The molecule has 0 fully saturated rings. The van der Waals surface area contributed by atoms with E-state index in [9.17, 15) is 19.2 Å². The lowest BCUT2D eigenvalue weighted by atomic mass is 10.1. The maximum Gasteiger partial charge on any atom is 0.246 e. The standard InChI is InChI=1S/C21H31N3O4/c1-5-18(25)12-10-9-11-14-23(20(27)7-3)16-17-24(21(28)8-4)15-13-22-19(26)6-2/h5-8H,1-4,9-17H2,(H,22,26). The Morgan fingerprint density at radius 1 is 0.679 bits per heavy atom. The Morgan fingerprint density at radius 2 is 1.25 bits per heavy atom. The maximum atomic E-state index is 12.1. The molecule has 0 aliphatic rings. The van der Waals surface area contributed by atoms with E-state index in [-0.39, 0.29) is 30.0 Å². The molecular weight excluding hydrogens is 358 g/mol. The van der Waals surface area contributed by atoms with Crippen LogP contribution in [0.4, 0.5) is 0 Å². The Labute approximate surface area is 167 Å². The lowest BCUT2D eigenvalue weighted by molar-refractivity contribution is -0.130. The normalized spacial score (nSPS) is 9.71. The SMILES string of the molecule is C=CC(=O)CCCCCN(CCN(CCNC(=O)C=C)C(=O)C=C)C(=O)C=C. The molecular formula is C21H31N3O4. The number of amides is 3. The molecule has 1 N–H and O–H groups in total. The summed E-state index contributed by atoms with van der Waals surface area (Å²) in [6.45, 7) is 15.5. The van der Waals surface area contributed by atoms with Gasteiger partial charge in [-0.05, 0) is 37.1 Å². The molecule has 0 saturated carbocycles. The van der Waals surface area contributed by atoms with Gasteiger partial charge in [-0.3, -0.25) is 19.2 Å². The highest BCUT2D eigenvalue weighted by molar-refractivity contribution is 5.89. The first-order valence-corrected chi connectivity index (χ1v) is 9.27. The van der Waals surface area contributed by atoms with Crippen molar-refractivity contribution in [2.24, 2.45) is 0 Å². The van der Waals surface area contributed by atoms with Crippen LogP contribution in [0.1, 0.15) is 25.7 Å². The van der Waals surface area contributed by atoms with Crippen LogP contribution in [-0.2, 0) is 19.2 Å². The number of unbranched alkanes of at least 4 members (excludes halogenated alkanes) is 2. The van der Waals surface area contributed by atoms with Crippen molar-refractivity contribution in [3.63, 3.8) is 0 Å². The summed E-state index contributed by atoms with van der Waals surface area (Å²) in [5.74, 6) is -0.791. The fourth-order valence-electron chi connectivity index (χ4n) is 2.43. The van der Waals surface area contributed by atoms with Crippen LogP contribution >= 0.6 is 0 Å². The summed E-state index contributed by atoms with van der Waals surface area (Å²) in [5, 5.41) is 2.61. The first-order chi connectivity index (χ1) is 13.4. The number of hydrogen-bond acceptors (Lipinski definition) is 4. The van der Waals surface area contributed by atoms with Crippen LogP contribution in [0.15, 0.2) is 50.6 Å². The van der Waals surface area contributed by atoms with Gasteiger partial charge in [0.05, 0.1) is 0 Å². The topological polar surface area (TPSA) is 86.8 Å². The summed E-state index contributed by atoms with van der Waals surface area (Å²) in [5.41, 5.74) is 0. The molecule has 0 aliphatic heterocycles. The highest BCUT2D eigenvalue weighted by atomic mass is 16.2. The van der Waals surface area contributed by atoms with E-state index in [1.165, 1.54) is 23.1 Å². The number of hydrogen-bond donors (Lipinski definition) is 1. The zero-order valence-corrected chi connectivity index (χ0v) is 16.5. The number of rotatable bonds is 16. The van der Waals surface area contributed by atoms with Crippen LogP contribution in [0.25, 0.3) is 0 Å². The average molecular weight is 389 g/mol. The summed E-state index contributed by atoms with van der Waals surface area (Å²) in [4.78, 5) is 49.6. The number of ketones is 1. The van der Waals surface area contributed by atoms with E-state index in [2.05, 4.69) is 31.6 Å². The first-order valence-electron chi connectivity index (χ1n) is 9.27. The second-order valence-electron chi connectivity index (χ2n) is 6.04. The molecule has 7 heteroatoms. The minimum Gasteiger partial charge on any atom is -0.351 e. The number of allylic oxidation sites excluding steroid dienone is 1. The predicted molar refractivity (Wildman–Crippen MR) is 110 cm³/mol. The Balaban J connectivity index is 4.58. The van der Waals surface area contributed by atoms with Gasteiger partial charge in [0.2, 0.25) is 17.7 Å². The van der Waals surface area contributed by atoms with Crippen LogP contribution in [0.2, 0.25) is 0 Å². The molecule has 0 atom stereocenters. The van der Waals surface area contributed by atoms with Crippen LogP contribution in [-0.4, -0.2) is 66.0 Å². The van der Waals surface area contributed by atoms with E-state index in [0.717, 1.165) is 25.3 Å². The largest absolute Gasteiger partial charge is 0.351 e. The maximum absolute atomic E-state index is 12.1. The molecule has 0 aliphatic carbocycles. The van der Waals surface area contributed by atoms with Gasteiger partial charge in [-0.25, -0.2) is 0 Å². The van der Waals surface area contributed by atoms with Crippen molar-refractivity contribution in [2.75, 3.05) is 32.7 Å². The predicted octanol–water partition coefficient (Wildman–Crippen LogP) is 1.63. The molecule has 0 aromatic rings. The monoisotopic (exact) mass is 389 g/mol. The number of nitrogens with one attached hydrogen (secondary N) is 1. The van der Waals surface area contributed by atoms with Crippen molar-refractivity contribution in [2.45, 2.75) is 25.7 Å². The van der Waals surface area contributed by atoms with Gasteiger partial charge in [-0.15, -0.1) is 0 Å². The Morgan fingerprint density at radius 3 is 1.75 bits per heavy atom. The quantitative estimate of drug-likeness (QED) is 0.321. The average Bonchev–Trinajstić information content (AvgIpc) is 2.72. The van der Waals surface area contributed by atoms with E-state index >= 15 is 0 Å². The Kier molecular flexibility index (Phi) is 13.5. The van der Waals surface area contributed by atoms with Gasteiger partial charge in [-0.1, -0.05) is 32.7 Å². The van der Waals surface area contributed by atoms with Crippen molar-refractivity contribution in [1.82, 2.24) is 15.1 Å². The Bertz CT molecular complexity index is 598. The van der Waals surface area contributed by atoms with Gasteiger partial charge in [0, 0.05) is 39.1 Å². The van der Waals surface area contributed by atoms with Gasteiger partial charge < -0.3 is 15.1 Å². The zero-order chi connectivity index (χ0) is 21.4. The fourth-order valence-corrected chi connectivity index (χ4v) is 2.43. The number of carbonyl (C=O) groups excluding carboxylic acids is 4. The summed E-state index contributed by atoms with van der Waals surface area (Å²) in [7, 11) is 0. The van der Waals surface area contributed by atoms with Gasteiger partial charge in [-0.2, -0.15) is 0 Å². The fraction of sp³-hybridized carbons (Fsp3) is 0.429. The highest BCUT2D eigenvalue weighted by Crippen LogP contribution is 2.04. The molecule has 28 heavy (non-hydrogen) atoms. The van der Waals surface area contributed by atoms with Crippen LogP contribution in [0.5, 0.6) is 0 Å². The van der Waals surface area contributed by atoms with E-state index in [1.54, 1.807) is 4.90 Å². The van der Waals surface area contributed by atoms with Crippen molar-refractivity contribution < 1.29 is 19.2 Å². The second-order valence-corrected chi connectivity index (χ2v) is 6.04. The third-order valence-electron chi connectivity index (χ3n) is 4.06. The number of carbonyl (C=O) groups is 4. The highest BCUT2D eigenvalue weighted by Gasteiger charge is 2.15. The molecule has 0 aromatic carbocycles. The number of nitrogens with zero attached hydrogens (tertiary/aromatic N) is 2. The summed E-state index contributed by atoms with van der Waals surface area (Å²) in [6, 6.07) is 0. The van der Waals surface area contributed by atoms with E-state index in [0.29, 0.717) is 32.6 Å². The van der Waals surface area contributed by atoms with E-state index in [4.69, 9.17) is 0 Å². The zero-order valence-electron chi connectivity index (χ0n) is 16.5. The minimum atomic E-state index is -0.315. The van der Waals surface area contributed by atoms with Crippen molar-refractivity contribution in [1.29, 1.82) is 0 Å². The van der Waals surface area contributed by atoms with Gasteiger partial charge >= 0.3 is 0 Å². The van der Waals surface area contributed by atoms with Crippen LogP contribution < -0.4 is 5.32 Å². The molecule has 7 nitrogen and oxygen atoms in total. The molecule has 0 heterocycles. The third kappa shape index (κ3) is 10.9. The first kappa shape index (κ1) is 25.0. The van der Waals surface area contributed by atoms with Gasteiger partial charge in [0.1, 0.15) is 0 Å². The summed E-state index contributed by atoms with van der Waals surface area (Å²) in [6.07, 6.45) is 7.67. The molecule has 0 spiro atoms. The Hall–Kier alpha value is -2.96. The third-order valence-corrected chi connectivity index (χ3v) is 4.06. The van der Waals surface area contributed by atoms with Gasteiger partial charge in [0.15, 0.2) is 5.78 Å². The molecule has 0 unspecified atom stereocenters. The van der Waals surface area contributed by atoms with Crippen LogP contribution in [0.3, 0.4) is 0 Å². The molecule has 0 bridgehead atoms. The molecule has 0 aromatic heterocycles. The lowest BCUT2D eigenvalue weighted by Gasteiger charge is -2.27. The smallest absolute Gasteiger partial charge is 0.246 e. The van der Waals surface area contributed by atoms with E-state index in [1.807, 2.05) is 0 Å². The minimum absolute atomic E-state index is 0.0150. The van der Waals surface area contributed by atoms with Crippen LogP contribution in [0, 0.1) is 0 Å². The van der Waals surface area contributed by atoms with Crippen molar-refractivity contribution >= 4 is 23.5 Å². The van der Waals surface area contributed by atoms with Crippen molar-refractivity contribution in [3.8, 4) is 0 Å². The van der Waals surface area contributed by atoms with E-state index < -0.39 is 0 Å². The second kappa shape index (κ2) is 15.1. The molecule has 0 saturated heterocycles.